The van der Waals surface area contributed by atoms with Gasteiger partial charge in [-0.3, -0.25) is 9.78 Å². The van der Waals surface area contributed by atoms with Crippen LogP contribution < -0.4 is 4.74 Å². The van der Waals surface area contributed by atoms with Gasteiger partial charge < -0.3 is 14.4 Å². The molecule has 1 aromatic carbocycles. The molecule has 3 rings (SSSR count). The maximum absolute atomic E-state index is 12.8. The molecule has 0 radical (unpaired) electrons. The highest BCUT2D eigenvalue weighted by Gasteiger charge is 2.14. The molecule has 26 heavy (non-hydrogen) atoms. The maximum Gasteiger partial charge on any atom is 0.303 e. The van der Waals surface area contributed by atoms with Gasteiger partial charge in [-0.25, -0.2) is 4.39 Å². The first-order chi connectivity index (χ1) is 12.5. The molecule has 0 aliphatic carbocycles. The highest BCUT2D eigenvalue weighted by atomic mass is 35.5. The second-order valence-corrected chi connectivity index (χ2v) is 6.13. The molecule has 0 spiro atoms. The van der Waals surface area contributed by atoms with E-state index in [2.05, 4.69) is 10.1 Å². The van der Waals surface area contributed by atoms with E-state index in [4.69, 9.17) is 26.0 Å². The Balaban J connectivity index is 1.60. The largest absolute Gasteiger partial charge is 0.492 e. The third-order valence-electron chi connectivity index (χ3n) is 3.80. The summed E-state index contributed by atoms with van der Waals surface area (Å²) in [5.41, 5.74) is 1.83. The van der Waals surface area contributed by atoms with Gasteiger partial charge in [-0.2, -0.15) is 0 Å². The summed E-state index contributed by atoms with van der Waals surface area (Å²) in [5, 5.41) is 13.8. The average molecular weight is 379 g/mol. The number of benzene rings is 1. The average Bonchev–Trinajstić information content (AvgIpc) is 3.00. The van der Waals surface area contributed by atoms with E-state index >= 15 is 0 Å². The fourth-order valence-corrected chi connectivity index (χ4v) is 2.71. The van der Waals surface area contributed by atoms with Gasteiger partial charge in [0.05, 0.1) is 29.9 Å². The van der Waals surface area contributed by atoms with Gasteiger partial charge in [0.25, 0.3) is 0 Å². The standard InChI is InChI=1S/C18H16ClFN2O4/c19-14-8-13-15(5-6-18(23)24)22-26-16(13)9-17(14)25-7-1-2-12-4-3-11(20)10-21-12/h3-4,8-10H,1-2,5-7H2,(H,23,24). The van der Waals surface area contributed by atoms with E-state index < -0.39 is 5.97 Å². The number of hydrogen-bond acceptors (Lipinski definition) is 5. The fourth-order valence-electron chi connectivity index (χ4n) is 2.50. The number of aromatic nitrogens is 2. The summed E-state index contributed by atoms with van der Waals surface area (Å²) in [7, 11) is 0. The van der Waals surface area contributed by atoms with Crippen LogP contribution in [0.3, 0.4) is 0 Å². The van der Waals surface area contributed by atoms with Crippen molar-refractivity contribution in [2.24, 2.45) is 0 Å². The summed E-state index contributed by atoms with van der Waals surface area (Å²) in [6, 6.07) is 6.33. The molecule has 6 nitrogen and oxygen atoms in total. The normalized spacial score (nSPS) is 11.0. The number of pyridine rings is 1. The van der Waals surface area contributed by atoms with Crippen LogP contribution in [0.25, 0.3) is 11.0 Å². The molecule has 1 N–H and O–H groups in total. The molecule has 0 atom stereocenters. The Kier molecular flexibility index (Phi) is 5.68. The Hall–Kier alpha value is -2.67. The van der Waals surface area contributed by atoms with Crippen molar-refractivity contribution in [2.75, 3.05) is 6.61 Å². The maximum atomic E-state index is 12.8. The van der Waals surface area contributed by atoms with Gasteiger partial charge in [-0.05, 0) is 31.0 Å². The lowest BCUT2D eigenvalue weighted by atomic mass is 10.1. The number of aliphatic carboxylic acids is 1. The van der Waals surface area contributed by atoms with Crippen LogP contribution in [-0.2, 0) is 17.6 Å². The number of carboxylic acid groups (broad SMARTS) is 1. The van der Waals surface area contributed by atoms with Crippen molar-refractivity contribution in [3.8, 4) is 5.75 Å². The van der Waals surface area contributed by atoms with E-state index in [1.165, 1.54) is 12.3 Å². The Morgan fingerprint density at radius 2 is 2.15 bits per heavy atom. The van der Waals surface area contributed by atoms with Crippen LogP contribution in [0.2, 0.25) is 5.02 Å². The molecular formula is C18H16ClFN2O4. The Morgan fingerprint density at radius 3 is 2.88 bits per heavy atom. The molecule has 0 amide bonds. The van der Waals surface area contributed by atoms with Crippen molar-refractivity contribution >= 4 is 28.5 Å². The van der Waals surface area contributed by atoms with E-state index in [0.29, 0.717) is 46.9 Å². The molecule has 3 aromatic rings. The first-order valence-corrected chi connectivity index (χ1v) is 8.43. The Labute approximate surface area is 153 Å². The Morgan fingerprint density at radius 1 is 1.31 bits per heavy atom. The molecule has 136 valence electrons. The van der Waals surface area contributed by atoms with Gasteiger partial charge in [-0.15, -0.1) is 0 Å². The predicted octanol–water partition coefficient (Wildman–Crippen LogP) is 4.04. The summed E-state index contributed by atoms with van der Waals surface area (Å²) in [5.74, 6) is -0.796. The summed E-state index contributed by atoms with van der Waals surface area (Å²) in [6.07, 6.45) is 2.76. The van der Waals surface area contributed by atoms with Crippen molar-refractivity contribution in [3.05, 3.63) is 52.7 Å². The Bertz CT molecular complexity index is 911. The molecular weight excluding hydrogens is 363 g/mol. The zero-order valence-electron chi connectivity index (χ0n) is 13.7. The molecule has 2 heterocycles. The highest BCUT2D eigenvalue weighted by molar-refractivity contribution is 6.32. The van der Waals surface area contributed by atoms with Crippen molar-refractivity contribution in [1.29, 1.82) is 0 Å². The van der Waals surface area contributed by atoms with E-state index in [9.17, 15) is 9.18 Å². The van der Waals surface area contributed by atoms with Crippen LogP contribution in [0.15, 0.2) is 35.0 Å². The van der Waals surface area contributed by atoms with E-state index in [0.717, 1.165) is 5.69 Å². The number of halogens is 2. The molecule has 0 saturated heterocycles. The lowest BCUT2D eigenvalue weighted by molar-refractivity contribution is -0.136. The molecule has 0 fully saturated rings. The van der Waals surface area contributed by atoms with Gasteiger partial charge in [0, 0.05) is 23.6 Å². The van der Waals surface area contributed by atoms with Gasteiger partial charge >= 0.3 is 5.97 Å². The first-order valence-electron chi connectivity index (χ1n) is 8.06. The monoisotopic (exact) mass is 378 g/mol. The van der Waals surface area contributed by atoms with Crippen LogP contribution in [-0.4, -0.2) is 27.8 Å². The summed E-state index contributed by atoms with van der Waals surface area (Å²) >= 11 is 6.24. The quantitative estimate of drug-likeness (QED) is 0.595. The SMILES string of the molecule is O=C(O)CCc1noc2cc(OCCCc3ccc(F)cn3)c(Cl)cc12. The molecule has 0 unspecified atom stereocenters. The minimum absolute atomic E-state index is 0.0328. The van der Waals surface area contributed by atoms with Crippen LogP contribution in [0.5, 0.6) is 5.75 Å². The molecule has 2 aromatic heterocycles. The summed E-state index contributed by atoms with van der Waals surface area (Å²) in [6.45, 7) is 0.407. The number of rotatable bonds is 8. The summed E-state index contributed by atoms with van der Waals surface area (Å²) < 4.78 is 23.7. The van der Waals surface area contributed by atoms with Gasteiger partial charge in [-0.1, -0.05) is 16.8 Å². The third-order valence-corrected chi connectivity index (χ3v) is 4.09. The number of fused-ring (bicyclic) bond motifs is 1. The van der Waals surface area contributed by atoms with Gasteiger partial charge in [0.1, 0.15) is 11.6 Å². The summed E-state index contributed by atoms with van der Waals surface area (Å²) in [4.78, 5) is 14.7. The minimum atomic E-state index is -0.900. The number of aryl methyl sites for hydroxylation is 2. The third kappa shape index (κ3) is 4.49. The van der Waals surface area contributed by atoms with Crippen molar-refractivity contribution in [2.45, 2.75) is 25.7 Å². The topological polar surface area (TPSA) is 85.5 Å². The number of nitrogens with zero attached hydrogens (tertiary/aromatic N) is 2. The number of hydrogen-bond donors (Lipinski definition) is 1. The van der Waals surface area contributed by atoms with Gasteiger partial charge in [0.15, 0.2) is 5.58 Å². The first kappa shape index (κ1) is 18.1. The molecule has 0 aliphatic heterocycles. The molecule has 0 saturated carbocycles. The van der Waals surface area contributed by atoms with Crippen molar-refractivity contribution in [3.63, 3.8) is 0 Å². The van der Waals surface area contributed by atoms with Crippen molar-refractivity contribution in [1.82, 2.24) is 10.1 Å². The van der Waals surface area contributed by atoms with E-state index in [1.54, 1.807) is 18.2 Å². The lowest BCUT2D eigenvalue weighted by Gasteiger charge is -2.08. The molecule has 8 heteroatoms. The van der Waals surface area contributed by atoms with Crippen LogP contribution in [0, 0.1) is 5.82 Å². The van der Waals surface area contributed by atoms with E-state index in [-0.39, 0.29) is 18.7 Å². The van der Waals surface area contributed by atoms with Crippen molar-refractivity contribution < 1.29 is 23.6 Å². The second-order valence-electron chi connectivity index (χ2n) is 5.72. The zero-order valence-corrected chi connectivity index (χ0v) is 14.5. The van der Waals surface area contributed by atoms with E-state index in [1.807, 2.05) is 0 Å². The van der Waals surface area contributed by atoms with Crippen LogP contribution in [0.4, 0.5) is 4.39 Å². The number of carbonyl (C=O) groups is 1. The number of ether oxygens (including phenoxy) is 1. The van der Waals surface area contributed by atoms with Crippen LogP contribution >= 0.6 is 11.6 Å². The number of carboxylic acids is 1. The second kappa shape index (κ2) is 8.14. The van der Waals surface area contributed by atoms with Gasteiger partial charge in [0.2, 0.25) is 0 Å². The fraction of sp³-hybridized carbons (Fsp3) is 0.278. The lowest BCUT2D eigenvalue weighted by Crippen LogP contribution is -2.01. The zero-order chi connectivity index (χ0) is 18.5. The molecule has 0 aliphatic rings. The smallest absolute Gasteiger partial charge is 0.303 e. The predicted molar refractivity (Wildman–Crippen MR) is 93.0 cm³/mol. The molecule has 0 bridgehead atoms. The van der Waals surface area contributed by atoms with Crippen LogP contribution in [0.1, 0.15) is 24.2 Å². The highest BCUT2D eigenvalue weighted by Crippen LogP contribution is 2.32. The minimum Gasteiger partial charge on any atom is -0.492 e.